The fraction of sp³-hybridized carbons (Fsp3) is 0.533. The van der Waals surface area contributed by atoms with E-state index in [1.807, 2.05) is 12.1 Å². The van der Waals surface area contributed by atoms with E-state index in [1.165, 1.54) is 0 Å². The maximum absolute atomic E-state index is 11.6. The molecule has 1 atom stereocenters. The van der Waals surface area contributed by atoms with E-state index >= 15 is 0 Å². The Bertz CT molecular complexity index is 468. The number of amides is 1. The smallest absolute Gasteiger partial charge is 0.408 e. The molecule has 0 aliphatic rings. The number of ether oxygens (including phenoxy) is 1. The molecule has 1 heterocycles. The number of pyridine rings is 1. The van der Waals surface area contributed by atoms with Crippen LogP contribution < -0.4 is 5.32 Å². The van der Waals surface area contributed by atoms with Crippen molar-refractivity contribution in [1.82, 2.24) is 10.3 Å². The Balaban J connectivity index is 2.43. The lowest BCUT2D eigenvalue weighted by Crippen LogP contribution is -2.43. The number of aryl methyl sites for hydroxylation is 1. The van der Waals surface area contributed by atoms with E-state index in [9.17, 15) is 9.59 Å². The van der Waals surface area contributed by atoms with Crippen LogP contribution in [0.4, 0.5) is 4.79 Å². The Kier molecular flexibility index (Phi) is 6.14. The number of rotatable bonds is 6. The van der Waals surface area contributed by atoms with Crippen LogP contribution in [0.5, 0.6) is 0 Å². The van der Waals surface area contributed by atoms with Crippen molar-refractivity contribution >= 4 is 12.1 Å². The van der Waals surface area contributed by atoms with Crippen molar-refractivity contribution in [2.24, 2.45) is 0 Å². The zero-order valence-electron chi connectivity index (χ0n) is 12.6. The van der Waals surface area contributed by atoms with Crippen LogP contribution in [0.1, 0.15) is 39.2 Å². The normalized spacial score (nSPS) is 12.5. The van der Waals surface area contributed by atoms with Crippen molar-refractivity contribution in [3.63, 3.8) is 0 Å². The number of hydrogen-bond donors (Lipinski definition) is 2. The lowest BCUT2D eigenvalue weighted by atomic mass is 10.1. The summed E-state index contributed by atoms with van der Waals surface area (Å²) in [5.74, 6) is -1.06. The minimum Gasteiger partial charge on any atom is -0.480 e. The van der Waals surface area contributed by atoms with Gasteiger partial charge < -0.3 is 15.2 Å². The summed E-state index contributed by atoms with van der Waals surface area (Å²) in [4.78, 5) is 26.8. The first-order valence-corrected chi connectivity index (χ1v) is 6.89. The van der Waals surface area contributed by atoms with Gasteiger partial charge >= 0.3 is 12.1 Å². The molecule has 0 spiro atoms. The number of carboxylic acids is 1. The number of aromatic nitrogens is 1. The van der Waals surface area contributed by atoms with Gasteiger partial charge in [-0.05, 0) is 51.7 Å². The predicted octanol–water partition coefficient (Wildman–Crippen LogP) is 2.38. The number of aliphatic carboxylic acids is 1. The maximum atomic E-state index is 11.6. The fourth-order valence-corrected chi connectivity index (χ4v) is 1.76. The highest BCUT2D eigenvalue weighted by Crippen LogP contribution is 2.09. The molecule has 0 saturated heterocycles. The van der Waals surface area contributed by atoms with Gasteiger partial charge in [-0.25, -0.2) is 9.59 Å². The number of carbonyl (C=O) groups excluding carboxylic acids is 1. The van der Waals surface area contributed by atoms with E-state index in [0.29, 0.717) is 19.3 Å². The molecule has 0 aliphatic heterocycles. The lowest BCUT2D eigenvalue weighted by Gasteiger charge is -2.22. The summed E-state index contributed by atoms with van der Waals surface area (Å²) in [5, 5.41) is 11.5. The van der Waals surface area contributed by atoms with Gasteiger partial charge in [-0.1, -0.05) is 6.07 Å². The largest absolute Gasteiger partial charge is 0.480 e. The van der Waals surface area contributed by atoms with Gasteiger partial charge in [0.2, 0.25) is 0 Å². The minimum atomic E-state index is -1.06. The first-order chi connectivity index (χ1) is 9.78. The van der Waals surface area contributed by atoms with Crippen molar-refractivity contribution in [3.05, 3.63) is 30.1 Å². The molecule has 21 heavy (non-hydrogen) atoms. The van der Waals surface area contributed by atoms with Gasteiger partial charge in [0.1, 0.15) is 11.6 Å². The highest BCUT2D eigenvalue weighted by Gasteiger charge is 2.23. The molecular formula is C15H22N2O4. The third kappa shape index (κ3) is 7.29. The summed E-state index contributed by atoms with van der Waals surface area (Å²) >= 11 is 0. The standard InChI is InChI=1S/C15H22N2O4/c1-15(2,3)21-14(20)17-12(13(18)19)8-4-6-11-7-5-9-16-10-11/h5,7,9-10,12H,4,6,8H2,1-3H3,(H,17,20)(H,18,19). The topological polar surface area (TPSA) is 88.5 Å². The predicted molar refractivity (Wildman–Crippen MR) is 78.0 cm³/mol. The van der Waals surface area contributed by atoms with Crippen LogP contribution in [0.15, 0.2) is 24.5 Å². The van der Waals surface area contributed by atoms with E-state index in [1.54, 1.807) is 33.2 Å². The average molecular weight is 294 g/mol. The molecule has 1 aromatic heterocycles. The molecule has 0 aromatic carbocycles. The second-order valence-corrected chi connectivity index (χ2v) is 5.79. The van der Waals surface area contributed by atoms with Crippen molar-refractivity contribution in [2.45, 2.75) is 51.7 Å². The molecule has 1 amide bonds. The number of hydrogen-bond acceptors (Lipinski definition) is 4. The first kappa shape index (κ1) is 16.9. The van der Waals surface area contributed by atoms with E-state index in [2.05, 4.69) is 10.3 Å². The summed E-state index contributed by atoms with van der Waals surface area (Å²) in [6, 6.07) is 2.82. The number of carbonyl (C=O) groups is 2. The van der Waals surface area contributed by atoms with Gasteiger partial charge in [-0.15, -0.1) is 0 Å². The number of nitrogens with zero attached hydrogens (tertiary/aromatic N) is 1. The van der Waals surface area contributed by atoms with Crippen LogP contribution in [-0.4, -0.2) is 33.8 Å². The maximum Gasteiger partial charge on any atom is 0.408 e. The summed E-state index contributed by atoms with van der Waals surface area (Å²) in [7, 11) is 0. The van der Waals surface area contributed by atoms with Crippen LogP contribution in [-0.2, 0) is 16.0 Å². The average Bonchev–Trinajstić information content (AvgIpc) is 2.36. The van der Waals surface area contributed by atoms with E-state index < -0.39 is 23.7 Å². The highest BCUT2D eigenvalue weighted by molar-refractivity contribution is 5.79. The minimum absolute atomic E-state index is 0.337. The van der Waals surface area contributed by atoms with Gasteiger partial charge in [0.05, 0.1) is 0 Å². The van der Waals surface area contributed by atoms with Crippen LogP contribution in [0.2, 0.25) is 0 Å². The van der Waals surface area contributed by atoms with Gasteiger partial charge in [0.15, 0.2) is 0 Å². The van der Waals surface area contributed by atoms with Crippen LogP contribution in [0, 0.1) is 0 Å². The molecule has 0 saturated carbocycles. The molecule has 6 heteroatoms. The Hall–Kier alpha value is -2.11. The third-order valence-electron chi connectivity index (χ3n) is 2.67. The van der Waals surface area contributed by atoms with Gasteiger partial charge in [0, 0.05) is 12.4 Å². The van der Waals surface area contributed by atoms with E-state index in [4.69, 9.17) is 9.84 Å². The number of alkyl carbamates (subject to hydrolysis) is 1. The van der Waals surface area contributed by atoms with E-state index in [-0.39, 0.29) is 0 Å². The number of nitrogens with one attached hydrogen (secondary N) is 1. The summed E-state index contributed by atoms with van der Waals surface area (Å²) in [6.07, 6.45) is 4.41. The van der Waals surface area contributed by atoms with Crippen molar-refractivity contribution in [2.75, 3.05) is 0 Å². The fourth-order valence-electron chi connectivity index (χ4n) is 1.76. The Labute approximate surface area is 124 Å². The molecule has 116 valence electrons. The molecule has 2 N–H and O–H groups in total. The second kappa shape index (κ2) is 7.61. The van der Waals surface area contributed by atoms with Crippen LogP contribution in [0.3, 0.4) is 0 Å². The zero-order chi connectivity index (χ0) is 15.9. The first-order valence-electron chi connectivity index (χ1n) is 6.89. The molecule has 0 bridgehead atoms. The molecule has 0 fully saturated rings. The molecule has 1 unspecified atom stereocenters. The molecule has 6 nitrogen and oxygen atoms in total. The molecular weight excluding hydrogens is 272 g/mol. The highest BCUT2D eigenvalue weighted by atomic mass is 16.6. The van der Waals surface area contributed by atoms with Gasteiger partial charge in [0.25, 0.3) is 0 Å². The molecule has 1 rings (SSSR count). The van der Waals surface area contributed by atoms with Gasteiger partial charge in [-0.2, -0.15) is 0 Å². The third-order valence-corrected chi connectivity index (χ3v) is 2.67. The van der Waals surface area contributed by atoms with E-state index in [0.717, 1.165) is 5.56 Å². The summed E-state index contributed by atoms with van der Waals surface area (Å²) < 4.78 is 5.06. The summed E-state index contributed by atoms with van der Waals surface area (Å²) in [6.45, 7) is 5.18. The number of carboxylic acid groups (broad SMARTS) is 1. The van der Waals surface area contributed by atoms with Crippen LogP contribution >= 0.6 is 0 Å². The summed E-state index contributed by atoms with van der Waals surface area (Å²) in [5.41, 5.74) is 0.391. The van der Waals surface area contributed by atoms with Crippen molar-refractivity contribution in [1.29, 1.82) is 0 Å². The Morgan fingerprint density at radius 3 is 2.67 bits per heavy atom. The second-order valence-electron chi connectivity index (χ2n) is 5.79. The molecule has 1 aromatic rings. The van der Waals surface area contributed by atoms with Crippen molar-refractivity contribution < 1.29 is 19.4 Å². The SMILES string of the molecule is CC(C)(C)OC(=O)NC(CCCc1cccnc1)C(=O)O. The van der Waals surface area contributed by atoms with Crippen molar-refractivity contribution in [3.8, 4) is 0 Å². The Morgan fingerprint density at radius 2 is 2.14 bits per heavy atom. The molecule has 0 aliphatic carbocycles. The molecule has 0 radical (unpaired) electrons. The quantitative estimate of drug-likeness (QED) is 0.841. The Morgan fingerprint density at radius 1 is 1.43 bits per heavy atom. The zero-order valence-corrected chi connectivity index (χ0v) is 12.6. The van der Waals surface area contributed by atoms with Crippen LogP contribution in [0.25, 0.3) is 0 Å². The lowest BCUT2D eigenvalue weighted by molar-refractivity contribution is -0.139. The monoisotopic (exact) mass is 294 g/mol. The van der Waals surface area contributed by atoms with Gasteiger partial charge in [-0.3, -0.25) is 4.98 Å².